The topological polar surface area (TPSA) is 44.8 Å². The van der Waals surface area contributed by atoms with Crippen LogP contribution in [0.4, 0.5) is 4.79 Å². The molecule has 2 amide bonds. The van der Waals surface area contributed by atoms with Crippen LogP contribution >= 0.6 is 0 Å². The lowest BCUT2D eigenvalue weighted by molar-refractivity contribution is -0.0948. The normalized spacial score (nSPS) is 28.3. The lowest BCUT2D eigenvalue weighted by Crippen LogP contribution is -2.59. The first-order valence-electron chi connectivity index (χ1n) is 8.62. The first-order chi connectivity index (χ1) is 10.2. The third-order valence-corrected chi connectivity index (χ3v) is 5.18. The lowest BCUT2D eigenvalue weighted by atomic mass is 10.00. The quantitative estimate of drug-likeness (QED) is 0.847. The highest BCUT2D eigenvalue weighted by Crippen LogP contribution is 2.34. The lowest BCUT2D eigenvalue weighted by Gasteiger charge is -2.45. The molecule has 1 saturated carbocycles. The van der Waals surface area contributed by atoms with Gasteiger partial charge in [0.15, 0.2) is 0 Å². The molecule has 2 fully saturated rings. The van der Waals surface area contributed by atoms with Gasteiger partial charge in [0.05, 0.1) is 12.2 Å². The van der Waals surface area contributed by atoms with Gasteiger partial charge < -0.3 is 15.0 Å². The van der Waals surface area contributed by atoms with Crippen LogP contribution in [0.5, 0.6) is 0 Å². The summed E-state index contributed by atoms with van der Waals surface area (Å²) in [6.07, 6.45) is 3.01. The Labute approximate surface area is 135 Å². The Hall–Kier alpha value is -0.810. The summed E-state index contributed by atoms with van der Waals surface area (Å²) in [5.41, 5.74) is -0.0639. The molecule has 2 aliphatic rings. The molecule has 2 rings (SSSR count). The largest absolute Gasteiger partial charge is 0.373 e. The molecule has 5 heteroatoms. The zero-order valence-electron chi connectivity index (χ0n) is 15.1. The molecular weight excluding hydrogens is 278 g/mol. The fourth-order valence-corrected chi connectivity index (χ4v) is 3.28. The third kappa shape index (κ3) is 4.35. The van der Waals surface area contributed by atoms with E-state index in [9.17, 15) is 4.79 Å². The van der Waals surface area contributed by atoms with E-state index in [-0.39, 0.29) is 23.8 Å². The number of hydrogen-bond acceptors (Lipinski definition) is 3. The maximum atomic E-state index is 12.3. The van der Waals surface area contributed by atoms with E-state index in [1.807, 2.05) is 11.9 Å². The Morgan fingerprint density at radius 3 is 2.36 bits per heavy atom. The number of carbonyl (C=O) groups excluding carboxylic acids is 1. The second kappa shape index (κ2) is 6.75. The van der Waals surface area contributed by atoms with Crippen molar-refractivity contribution in [2.45, 2.75) is 71.2 Å². The summed E-state index contributed by atoms with van der Waals surface area (Å²) in [5, 5.41) is 3.12. The third-order valence-electron chi connectivity index (χ3n) is 5.18. The van der Waals surface area contributed by atoms with Crippen LogP contribution in [-0.2, 0) is 4.74 Å². The van der Waals surface area contributed by atoms with Crippen molar-refractivity contribution >= 4 is 6.03 Å². The van der Waals surface area contributed by atoms with Gasteiger partial charge in [0.1, 0.15) is 0 Å². The van der Waals surface area contributed by atoms with Crippen molar-refractivity contribution < 1.29 is 9.53 Å². The molecule has 1 saturated heterocycles. The molecule has 5 nitrogen and oxygen atoms in total. The first kappa shape index (κ1) is 17.5. The molecule has 22 heavy (non-hydrogen) atoms. The van der Waals surface area contributed by atoms with Crippen LogP contribution in [0.1, 0.15) is 47.5 Å². The summed E-state index contributed by atoms with van der Waals surface area (Å²) >= 11 is 0. The van der Waals surface area contributed by atoms with Crippen molar-refractivity contribution in [1.29, 1.82) is 0 Å². The highest BCUT2D eigenvalue weighted by Gasteiger charge is 2.35. The molecular formula is C17H33N3O2. The van der Waals surface area contributed by atoms with Crippen LogP contribution in [0.3, 0.4) is 0 Å². The molecule has 0 spiro atoms. The number of rotatable bonds is 5. The van der Waals surface area contributed by atoms with E-state index in [0.717, 1.165) is 13.1 Å². The molecule has 1 aliphatic heterocycles. The Morgan fingerprint density at radius 2 is 1.86 bits per heavy atom. The van der Waals surface area contributed by atoms with E-state index in [4.69, 9.17) is 4.74 Å². The average molecular weight is 311 g/mol. The average Bonchev–Trinajstić information content (AvgIpc) is 3.26. The summed E-state index contributed by atoms with van der Waals surface area (Å²) in [7, 11) is 1.91. The smallest absolute Gasteiger partial charge is 0.317 e. The number of carbonyl (C=O) groups is 1. The number of amides is 2. The molecule has 0 aromatic rings. The minimum atomic E-state index is -0.0639. The van der Waals surface area contributed by atoms with Crippen LogP contribution in [0.15, 0.2) is 0 Å². The van der Waals surface area contributed by atoms with Crippen LogP contribution in [0.25, 0.3) is 0 Å². The fourth-order valence-electron chi connectivity index (χ4n) is 3.28. The summed E-state index contributed by atoms with van der Waals surface area (Å²) in [5.74, 6) is 0.699. The zero-order valence-corrected chi connectivity index (χ0v) is 15.1. The number of nitrogens with zero attached hydrogens (tertiary/aromatic N) is 2. The second-order valence-corrected chi connectivity index (χ2v) is 7.82. The number of hydrogen-bond donors (Lipinski definition) is 1. The van der Waals surface area contributed by atoms with Crippen LogP contribution in [0, 0.1) is 5.92 Å². The maximum absolute atomic E-state index is 12.3. The maximum Gasteiger partial charge on any atom is 0.317 e. The Morgan fingerprint density at radius 1 is 1.32 bits per heavy atom. The van der Waals surface area contributed by atoms with Gasteiger partial charge in [-0.3, -0.25) is 4.90 Å². The predicted molar refractivity (Wildman–Crippen MR) is 89.0 cm³/mol. The van der Waals surface area contributed by atoms with E-state index >= 15 is 0 Å². The molecule has 0 bridgehead atoms. The van der Waals surface area contributed by atoms with Crippen molar-refractivity contribution in [3.63, 3.8) is 0 Å². The molecule has 0 radical (unpaired) electrons. The minimum absolute atomic E-state index is 0.0434. The second-order valence-electron chi connectivity index (χ2n) is 7.82. The van der Waals surface area contributed by atoms with Crippen LogP contribution < -0.4 is 5.32 Å². The molecule has 1 aliphatic carbocycles. The highest BCUT2D eigenvalue weighted by molar-refractivity contribution is 5.74. The van der Waals surface area contributed by atoms with Gasteiger partial charge in [0.2, 0.25) is 0 Å². The Balaban J connectivity index is 1.84. The summed E-state index contributed by atoms with van der Waals surface area (Å²) in [4.78, 5) is 16.6. The molecule has 3 atom stereocenters. The molecule has 128 valence electrons. The number of ether oxygens (including phenoxy) is 1. The summed E-state index contributed by atoms with van der Waals surface area (Å²) < 4.78 is 5.80. The predicted octanol–water partition coefficient (Wildman–Crippen LogP) is 2.31. The zero-order chi connectivity index (χ0) is 16.5. The summed E-state index contributed by atoms with van der Waals surface area (Å²) in [6.45, 7) is 13.3. The molecule has 0 aromatic heterocycles. The van der Waals surface area contributed by atoms with Gasteiger partial charge in [-0.25, -0.2) is 4.79 Å². The van der Waals surface area contributed by atoms with Gasteiger partial charge in [-0.2, -0.15) is 0 Å². The minimum Gasteiger partial charge on any atom is -0.373 e. The number of nitrogens with one attached hydrogen (secondary N) is 1. The fraction of sp³-hybridized carbons (Fsp3) is 0.941. The van der Waals surface area contributed by atoms with Gasteiger partial charge >= 0.3 is 6.03 Å². The number of morpholine rings is 1. The van der Waals surface area contributed by atoms with Crippen molar-refractivity contribution in [3.8, 4) is 0 Å². The Bertz CT molecular complexity index is 385. The van der Waals surface area contributed by atoms with Gasteiger partial charge in [-0.05, 0) is 53.4 Å². The van der Waals surface area contributed by atoms with E-state index in [2.05, 4.69) is 44.8 Å². The van der Waals surface area contributed by atoms with Crippen molar-refractivity contribution in [3.05, 3.63) is 0 Å². The number of urea groups is 1. The van der Waals surface area contributed by atoms with E-state index < -0.39 is 0 Å². The van der Waals surface area contributed by atoms with E-state index in [1.54, 1.807) is 0 Å². The molecule has 1 N–H and O–H groups in total. The van der Waals surface area contributed by atoms with E-state index in [0.29, 0.717) is 18.5 Å². The van der Waals surface area contributed by atoms with E-state index in [1.165, 1.54) is 12.8 Å². The first-order valence-corrected chi connectivity index (χ1v) is 8.62. The van der Waals surface area contributed by atoms with Crippen LogP contribution in [-0.4, -0.2) is 66.3 Å². The molecule has 0 unspecified atom stereocenters. The Kier molecular flexibility index (Phi) is 5.38. The van der Waals surface area contributed by atoms with Crippen molar-refractivity contribution in [2.75, 3.05) is 26.7 Å². The highest BCUT2D eigenvalue weighted by atomic mass is 16.5. The van der Waals surface area contributed by atoms with Gasteiger partial charge in [-0.1, -0.05) is 0 Å². The standard InChI is InChI=1S/C17H33N3O2/c1-12-9-20(10-13(2)22-12)17(4,5)11-18-16(21)19(6)14(3)15-7-8-15/h12-15H,7-11H2,1-6H3,(H,18,21)/t12-,13+,14-/m0/s1. The monoisotopic (exact) mass is 311 g/mol. The van der Waals surface area contributed by atoms with Crippen molar-refractivity contribution in [1.82, 2.24) is 15.1 Å². The van der Waals surface area contributed by atoms with Crippen molar-refractivity contribution in [2.24, 2.45) is 5.92 Å². The SMILES string of the molecule is C[C@@H]1CN(C(C)(C)CNC(=O)N(C)[C@@H](C)C2CC2)C[C@H](C)O1. The molecule has 1 heterocycles. The van der Waals surface area contributed by atoms with Gasteiger partial charge in [0.25, 0.3) is 0 Å². The van der Waals surface area contributed by atoms with Gasteiger partial charge in [0, 0.05) is 38.3 Å². The van der Waals surface area contributed by atoms with Crippen LogP contribution in [0.2, 0.25) is 0 Å². The summed E-state index contributed by atoms with van der Waals surface area (Å²) in [6, 6.07) is 0.383. The molecule has 0 aromatic carbocycles. The van der Waals surface area contributed by atoms with Gasteiger partial charge in [-0.15, -0.1) is 0 Å².